The number of esters is 3. The number of carbonyl (C=O) groups excluding carboxylic acids is 4. The Morgan fingerprint density at radius 2 is 1.14 bits per heavy atom. The van der Waals surface area contributed by atoms with Crippen molar-refractivity contribution in [2.24, 2.45) is 0 Å². The summed E-state index contributed by atoms with van der Waals surface area (Å²) >= 11 is 0. The fourth-order valence-corrected chi connectivity index (χ4v) is 9.87. The van der Waals surface area contributed by atoms with Gasteiger partial charge in [0.15, 0.2) is 43.2 Å². The summed E-state index contributed by atoms with van der Waals surface area (Å²) in [4.78, 5) is 53.5. The minimum absolute atomic E-state index is 0.00220. The average molecular weight is 1100 g/mol. The minimum Gasteiger partial charge on any atom is -0.459 e. The van der Waals surface area contributed by atoms with Crippen LogP contribution in [0, 0.1) is 0 Å². The fraction of sp³-hybridized carbons (Fsp3) is 0.368. The maximum Gasteiger partial charge on any atom is 0.476 e. The largest absolute Gasteiger partial charge is 0.476 e. The molecule has 0 spiro atoms. The van der Waals surface area contributed by atoms with Crippen LogP contribution in [-0.4, -0.2) is 112 Å². The van der Waals surface area contributed by atoms with Crippen molar-refractivity contribution >= 4 is 31.8 Å². The van der Waals surface area contributed by atoms with Crippen LogP contribution in [0.5, 0.6) is 0 Å². The fourth-order valence-electron chi connectivity index (χ4n) is 8.54. The molecular formula is C57H62NO19P. The highest BCUT2D eigenvalue weighted by Gasteiger charge is 2.56. The molecule has 5 aromatic rings. The van der Waals surface area contributed by atoms with Crippen LogP contribution in [0.1, 0.15) is 48.0 Å². The van der Waals surface area contributed by atoms with Gasteiger partial charge in [-0.15, -0.1) is 6.58 Å². The number of alkyl carbamates (subject to hydrolysis) is 1. The number of benzene rings is 5. The highest BCUT2D eigenvalue weighted by Crippen LogP contribution is 2.54. The first-order chi connectivity index (χ1) is 37.9. The third-order valence-corrected chi connectivity index (χ3v) is 13.6. The maximum absolute atomic E-state index is 15.3. The van der Waals surface area contributed by atoms with Crippen molar-refractivity contribution in [2.45, 2.75) is 108 Å². The molecule has 3 aliphatic rings. The van der Waals surface area contributed by atoms with Gasteiger partial charge in [0.25, 0.3) is 0 Å². The molecule has 3 saturated heterocycles. The summed E-state index contributed by atoms with van der Waals surface area (Å²) in [5.74, 6) is -2.50. The first-order valence-electron chi connectivity index (χ1n) is 25.2. The number of carbonyl (C=O) groups is 4. The first-order valence-corrected chi connectivity index (χ1v) is 26.7. The second-order valence-electron chi connectivity index (χ2n) is 18.1. The lowest BCUT2D eigenvalue weighted by Crippen LogP contribution is -2.66. The number of rotatable bonds is 25. The Labute approximate surface area is 451 Å². The Bertz CT molecular complexity index is 2680. The molecule has 1 N–H and O–H groups in total. The van der Waals surface area contributed by atoms with Gasteiger partial charge in [0.2, 0.25) is 0 Å². The van der Waals surface area contributed by atoms with E-state index in [1.165, 1.54) is 13.0 Å². The van der Waals surface area contributed by atoms with Crippen LogP contribution >= 0.6 is 7.82 Å². The van der Waals surface area contributed by atoms with E-state index in [1.54, 1.807) is 115 Å². The number of amides is 1. The molecule has 8 rings (SSSR count). The van der Waals surface area contributed by atoms with Crippen LogP contribution in [0.3, 0.4) is 0 Å². The molecule has 414 valence electrons. The maximum atomic E-state index is 15.3. The number of phosphoric ester groups is 1. The van der Waals surface area contributed by atoms with Gasteiger partial charge in [0, 0.05) is 19.4 Å². The smallest absolute Gasteiger partial charge is 0.459 e. The Morgan fingerprint density at radius 3 is 1.69 bits per heavy atom. The van der Waals surface area contributed by atoms with Crippen LogP contribution in [-0.2, 0) is 111 Å². The van der Waals surface area contributed by atoms with Crippen molar-refractivity contribution in [3.63, 3.8) is 0 Å². The molecule has 78 heavy (non-hydrogen) atoms. The molecule has 0 aromatic heterocycles. The van der Waals surface area contributed by atoms with Crippen LogP contribution < -0.4 is 5.32 Å². The average Bonchev–Trinajstić information content (AvgIpc) is 3.49. The molecule has 11 atom stereocenters. The van der Waals surface area contributed by atoms with Crippen LogP contribution in [0.25, 0.3) is 0 Å². The molecule has 1 amide bonds. The zero-order valence-corrected chi connectivity index (χ0v) is 43.8. The molecule has 3 fully saturated rings. The molecular weight excluding hydrogens is 1030 g/mol. The van der Waals surface area contributed by atoms with Gasteiger partial charge in [-0.25, -0.2) is 14.2 Å². The van der Waals surface area contributed by atoms with Gasteiger partial charge in [-0.2, -0.15) is 0 Å². The number of hydrogen-bond acceptors (Lipinski definition) is 19. The van der Waals surface area contributed by atoms with Crippen molar-refractivity contribution in [1.82, 2.24) is 5.32 Å². The third-order valence-electron chi connectivity index (χ3n) is 12.2. The van der Waals surface area contributed by atoms with Crippen molar-refractivity contribution in [3.05, 3.63) is 192 Å². The van der Waals surface area contributed by atoms with Crippen molar-refractivity contribution in [1.29, 1.82) is 0 Å². The van der Waals surface area contributed by atoms with Crippen molar-refractivity contribution in [2.75, 3.05) is 26.4 Å². The monoisotopic (exact) mass is 1100 g/mol. The number of phosphoric acid groups is 1. The highest BCUT2D eigenvalue weighted by atomic mass is 31.2. The summed E-state index contributed by atoms with van der Waals surface area (Å²) in [7, 11) is -4.83. The van der Waals surface area contributed by atoms with Crippen molar-refractivity contribution in [3.8, 4) is 0 Å². The van der Waals surface area contributed by atoms with Gasteiger partial charge < -0.3 is 57.4 Å². The third kappa shape index (κ3) is 16.7. The SMILES string of the molecule is C=CCO[C@H]1[C@H]2O[C@@H](c3ccccc3)OC[C@H]2O[C@@H](O[C@@H]2CO[C@@H](OC[C@H](NC(=O)OCc3ccccc3)C(=O)OCc3ccccc3)[C@H](OP(=O)(OCc3ccccc3)OCc3ccccc3)[C@H]2OC(C)=O)[C@@H]1OC(C)=O. The molecule has 21 heteroatoms. The van der Waals surface area contributed by atoms with E-state index in [0.29, 0.717) is 22.3 Å². The van der Waals surface area contributed by atoms with Crippen LogP contribution in [0.2, 0.25) is 0 Å². The molecule has 0 radical (unpaired) electrons. The van der Waals surface area contributed by atoms with E-state index in [9.17, 15) is 19.2 Å². The van der Waals surface area contributed by atoms with Gasteiger partial charge in [0.1, 0.15) is 37.6 Å². The van der Waals surface area contributed by atoms with Gasteiger partial charge in [0.05, 0.1) is 39.6 Å². The van der Waals surface area contributed by atoms with E-state index in [4.69, 9.17) is 65.7 Å². The lowest BCUT2D eigenvalue weighted by atomic mass is 9.96. The quantitative estimate of drug-likeness (QED) is 0.0253. The highest BCUT2D eigenvalue weighted by molar-refractivity contribution is 7.48. The van der Waals surface area contributed by atoms with Gasteiger partial charge >= 0.3 is 31.8 Å². The first kappa shape index (κ1) is 57.5. The van der Waals surface area contributed by atoms with Gasteiger partial charge in [-0.3, -0.25) is 23.2 Å². The lowest BCUT2D eigenvalue weighted by molar-refractivity contribution is -0.381. The van der Waals surface area contributed by atoms with Crippen LogP contribution in [0.4, 0.5) is 4.79 Å². The lowest BCUT2D eigenvalue weighted by Gasteiger charge is -2.50. The predicted octanol–water partition coefficient (Wildman–Crippen LogP) is 7.98. The second kappa shape index (κ2) is 28.8. The predicted molar refractivity (Wildman–Crippen MR) is 275 cm³/mol. The molecule has 5 aromatic carbocycles. The zero-order valence-electron chi connectivity index (χ0n) is 42.9. The van der Waals surface area contributed by atoms with Gasteiger partial charge in [-0.1, -0.05) is 158 Å². The second-order valence-corrected chi connectivity index (χ2v) is 19.7. The topological polar surface area (TPSA) is 227 Å². The van der Waals surface area contributed by atoms with Crippen molar-refractivity contribution < 1.29 is 89.4 Å². The summed E-state index contributed by atoms with van der Waals surface area (Å²) in [6, 6.07) is 43.0. The molecule has 0 saturated carbocycles. The Balaban J connectivity index is 1.11. The standard InChI is InChI=1S/C57H62NO19P/c1-4-30-64-50-48-46(36-67-54(76-48)44-28-18-9-19-29-44)74-56(51(50)73-39(3)60)75-47-37-68-55(66-35-45(53(61)65-31-40-20-10-5-11-21-40)58-57(62)69-32-41-22-12-6-13-23-41)52(49(47)72-38(2)59)77-78(63,70-33-42-24-14-7-15-25-42)71-34-43-26-16-8-17-27-43/h4-29,45-52,54-56H,1,30-37H2,2-3H3,(H,58,62)/t45-,46+,47+,48-,49-,50-,51+,52+,54-,55+,56-/m0/s1. The van der Waals surface area contributed by atoms with Gasteiger partial charge in [-0.05, 0) is 22.3 Å². The number of nitrogens with one attached hydrogen (secondary N) is 1. The van der Waals surface area contributed by atoms with E-state index < -0.39 is 113 Å². The van der Waals surface area contributed by atoms with E-state index >= 15 is 4.57 Å². The summed E-state index contributed by atoms with van der Waals surface area (Å²) in [6.45, 7) is 4.10. The molecule has 3 aliphatic heterocycles. The number of ether oxygens (including phenoxy) is 11. The molecule has 0 aliphatic carbocycles. The van der Waals surface area contributed by atoms with E-state index in [-0.39, 0.29) is 39.6 Å². The van der Waals surface area contributed by atoms with E-state index in [0.717, 1.165) is 12.5 Å². The Hall–Kier alpha value is -6.65. The van der Waals surface area contributed by atoms with E-state index in [1.807, 2.05) is 36.4 Å². The summed E-state index contributed by atoms with van der Waals surface area (Å²) in [5.41, 5.74) is 3.25. The summed E-state index contributed by atoms with van der Waals surface area (Å²) in [6.07, 6.45) is -12.5. The van der Waals surface area contributed by atoms with E-state index in [2.05, 4.69) is 11.9 Å². The minimum atomic E-state index is -4.83. The Morgan fingerprint density at radius 1 is 0.615 bits per heavy atom. The molecule has 20 nitrogen and oxygen atoms in total. The van der Waals surface area contributed by atoms with Crippen LogP contribution in [0.15, 0.2) is 164 Å². The zero-order chi connectivity index (χ0) is 54.7. The molecule has 3 heterocycles. The summed E-state index contributed by atoms with van der Waals surface area (Å²) < 4.78 is 101. The Kier molecular flexibility index (Phi) is 21.3. The molecule has 0 unspecified atom stereocenters. The number of fused-ring (bicyclic) bond motifs is 1. The molecule has 0 bridgehead atoms. The number of hydrogen-bond donors (Lipinski definition) is 1. The summed E-state index contributed by atoms with van der Waals surface area (Å²) in [5, 5.41) is 2.52. The normalized spacial score (nSPS) is 24.3.